The second-order valence-electron chi connectivity index (χ2n) is 5.76. The summed E-state index contributed by atoms with van der Waals surface area (Å²) < 4.78 is 0. The van der Waals surface area contributed by atoms with Crippen molar-refractivity contribution in [2.75, 3.05) is 19.6 Å². The minimum absolute atomic E-state index is 0.0647. The molecule has 116 valence electrons. The fraction of sp³-hybridized carbons (Fsp3) is 0.222. The van der Waals surface area contributed by atoms with Crippen molar-refractivity contribution in [3.05, 3.63) is 66.0 Å². The molecule has 23 heavy (non-hydrogen) atoms. The predicted octanol–water partition coefficient (Wildman–Crippen LogP) is 2.35. The molecule has 0 radical (unpaired) electrons. The molecule has 1 atom stereocenters. The molecule has 1 saturated heterocycles. The van der Waals surface area contributed by atoms with Gasteiger partial charge in [0.1, 0.15) is 0 Å². The van der Waals surface area contributed by atoms with Gasteiger partial charge < -0.3 is 15.2 Å². The van der Waals surface area contributed by atoms with Gasteiger partial charge in [0.25, 0.3) is 5.91 Å². The molecule has 4 rings (SSSR count). The summed E-state index contributed by atoms with van der Waals surface area (Å²) in [6.45, 7) is 2.31. The molecule has 2 heterocycles. The fourth-order valence-corrected chi connectivity index (χ4v) is 3.15. The van der Waals surface area contributed by atoms with Crippen LogP contribution in [0.15, 0.2) is 54.9 Å². The Morgan fingerprint density at radius 3 is 2.91 bits per heavy atom. The third-order valence-electron chi connectivity index (χ3n) is 4.36. The Kier molecular flexibility index (Phi) is 3.55. The van der Waals surface area contributed by atoms with Crippen LogP contribution in [-0.2, 0) is 0 Å². The molecule has 0 bridgehead atoms. The SMILES string of the molecule is O=C(c1ccc2nc[nH]c2c1)N1CCNC[C@@H]1c1ccccc1. The third kappa shape index (κ3) is 2.59. The maximum absolute atomic E-state index is 13.0. The third-order valence-corrected chi connectivity index (χ3v) is 4.36. The molecule has 1 aliphatic rings. The lowest BCUT2D eigenvalue weighted by atomic mass is 10.0. The van der Waals surface area contributed by atoms with E-state index in [1.54, 1.807) is 6.33 Å². The van der Waals surface area contributed by atoms with Crippen LogP contribution in [0.4, 0.5) is 0 Å². The molecule has 2 N–H and O–H groups in total. The van der Waals surface area contributed by atoms with Crippen molar-refractivity contribution in [1.82, 2.24) is 20.2 Å². The zero-order valence-electron chi connectivity index (χ0n) is 12.7. The molecule has 1 aromatic heterocycles. The summed E-state index contributed by atoms with van der Waals surface area (Å²) in [5.74, 6) is 0.0665. The lowest BCUT2D eigenvalue weighted by Gasteiger charge is -2.36. The lowest BCUT2D eigenvalue weighted by molar-refractivity contribution is 0.0634. The molecular weight excluding hydrogens is 288 g/mol. The summed E-state index contributed by atoms with van der Waals surface area (Å²) in [5.41, 5.74) is 3.63. The number of hydrogen-bond acceptors (Lipinski definition) is 3. The van der Waals surface area contributed by atoms with Crippen molar-refractivity contribution in [1.29, 1.82) is 0 Å². The number of H-pyrrole nitrogens is 1. The molecule has 0 unspecified atom stereocenters. The maximum atomic E-state index is 13.0. The van der Waals surface area contributed by atoms with Gasteiger partial charge in [-0.25, -0.2) is 4.98 Å². The number of aromatic nitrogens is 2. The first kappa shape index (κ1) is 14.0. The Morgan fingerprint density at radius 1 is 1.17 bits per heavy atom. The van der Waals surface area contributed by atoms with Gasteiger partial charge in [0.15, 0.2) is 0 Å². The van der Waals surface area contributed by atoms with Gasteiger partial charge in [-0.15, -0.1) is 0 Å². The van der Waals surface area contributed by atoms with Crippen LogP contribution in [0.2, 0.25) is 0 Å². The molecule has 1 amide bonds. The van der Waals surface area contributed by atoms with Crippen molar-refractivity contribution in [2.45, 2.75) is 6.04 Å². The minimum Gasteiger partial charge on any atom is -0.345 e. The van der Waals surface area contributed by atoms with E-state index in [-0.39, 0.29) is 11.9 Å². The number of fused-ring (bicyclic) bond motifs is 1. The van der Waals surface area contributed by atoms with Crippen LogP contribution in [0, 0.1) is 0 Å². The van der Waals surface area contributed by atoms with Crippen LogP contribution in [0.1, 0.15) is 22.0 Å². The number of nitrogens with zero attached hydrogens (tertiary/aromatic N) is 2. The molecule has 0 spiro atoms. The number of aromatic amines is 1. The van der Waals surface area contributed by atoms with E-state index >= 15 is 0 Å². The Labute approximate surface area is 134 Å². The van der Waals surface area contributed by atoms with Crippen LogP contribution in [0.5, 0.6) is 0 Å². The van der Waals surface area contributed by atoms with Crippen molar-refractivity contribution in [2.24, 2.45) is 0 Å². The Hall–Kier alpha value is -2.66. The summed E-state index contributed by atoms with van der Waals surface area (Å²) >= 11 is 0. The number of piperazine rings is 1. The first-order valence-electron chi connectivity index (χ1n) is 7.83. The standard InChI is InChI=1S/C18H18N4O/c23-18(14-6-7-15-16(10-14)21-12-20-15)22-9-8-19-11-17(22)13-4-2-1-3-5-13/h1-7,10,12,17,19H,8-9,11H2,(H,20,21)/t17-/m1/s1. The van der Waals surface area contributed by atoms with Crippen LogP contribution in [-0.4, -0.2) is 40.4 Å². The topological polar surface area (TPSA) is 61.0 Å². The molecule has 0 aliphatic carbocycles. The summed E-state index contributed by atoms with van der Waals surface area (Å²) in [5, 5.41) is 3.39. The number of hydrogen-bond donors (Lipinski definition) is 2. The average Bonchev–Trinajstić information content (AvgIpc) is 3.09. The maximum Gasteiger partial charge on any atom is 0.254 e. The molecule has 5 nitrogen and oxygen atoms in total. The lowest BCUT2D eigenvalue weighted by Crippen LogP contribution is -2.48. The molecule has 0 saturated carbocycles. The van der Waals surface area contributed by atoms with Gasteiger partial charge in [0.05, 0.1) is 23.4 Å². The first-order chi connectivity index (χ1) is 11.3. The Bertz CT molecular complexity index is 827. The van der Waals surface area contributed by atoms with E-state index in [1.165, 1.54) is 0 Å². The number of rotatable bonds is 2. The monoisotopic (exact) mass is 306 g/mol. The predicted molar refractivity (Wildman–Crippen MR) is 89.2 cm³/mol. The normalized spacial score (nSPS) is 18.3. The van der Waals surface area contributed by atoms with Crippen molar-refractivity contribution < 1.29 is 4.79 Å². The zero-order valence-corrected chi connectivity index (χ0v) is 12.7. The van der Waals surface area contributed by atoms with Gasteiger partial charge in [-0.3, -0.25) is 4.79 Å². The molecule has 2 aromatic carbocycles. The van der Waals surface area contributed by atoms with Crippen molar-refractivity contribution >= 4 is 16.9 Å². The van der Waals surface area contributed by atoms with Gasteiger partial charge >= 0.3 is 0 Å². The largest absolute Gasteiger partial charge is 0.345 e. The highest BCUT2D eigenvalue weighted by Gasteiger charge is 2.28. The van der Waals surface area contributed by atoms with Crippen molar-refractivity contribution in [3.63, 3.8) is 0 Å². The van der Waals surface area contributed by atoms with E-state index in [0.29, 0.717) is 12.1 Å². The van der Waals surface area contributed by atoms with Crippen molar-refractivity contribution in [3.8, 4) is 0 Å². The molecule has 3 aromatic rings. The van der Waals surface area contributed by atoms with Crippen LogP contribution in [0.25, 0.3) is 11.0 Å². The van der Waals surface area contributed by atoms with Gasteiger partial charge in [-0.05, 0) is 23.8 Å². The van der Waals surface area contributed by atoms with E-state index in [4.69, 9.17) is 0 Å². The molecule has 1 fully saturated rings. The number of benzene rings is 2. The average molecular weight is 306 g/mol. The number of amides is 1. The van der Waals surface area contributed by atoms with Crippen LogP contribution >= 0.6 is 0 Å². The first-order valence-corrected chi connectivity index (χ1v) is 7.83. The van der Waals surface area contributed by atoms with Crippen LogP contribution < -0.4 is 5.32 Å². The smallest absolute Gasteiger partial charge is 0.254 e. The molecule has 5 heteroatoms. The van der Waals surface area contributed by atoms with Crippen LogP contribution in [0.3, 0.4) is 0 Å². The summed E-state index contributed by atoms with van der Waals surface area (Å²) in [6.07, 6.45) is 1.65. The van der Waals surface area contributed by atoms with E-state index in [2.05, 4.69) is 27.4 Å². The summed E-state index contributed by atoms with van der Waals surface area (Å²) in [6, 6.07) is 15.9. The number of carbonyl (C=O) groups is 1. The molecule has 1 aliphatic heterocycles. The van der Waals surface area contributed by atoms with E-state index in [9.17, 15) is 4.79 Å². The number of nitrogens with one attached hydrogen (secondary N) is 2. The van der Waals surface area contributed by atoms with E-state index < -0.39 is 0 Å². The highest BCUT2D eigenvalue weighted by Crippen LogP contribution is 2.24. The Balaban J connectivity index is 1.67. The second-order valence-corrected chi connectivity index (χ2v) is 5.76. The highest BCUT2D eigenvalue weighted by molar-refractivity contribution is 5.97. The Morgan fingerprint density at radius 2 is 2.04 bits per heavy atom. The van der Waals surface area contributed by atoms with Gasteiger partial charge in [-0.1, -0.05) is 30.3 Å². The van der Waals surface area contributed by atoms with Gasteiger partial charge in [0, 0.05) is 25.2 Å². The highest BCUT2D eigenvalue weighted by atomic mass is 16.2. The quantitative estimate of drug-likeness (QED) is 0.764. The molecular formula is C18H18N4O. The number of carbonyl (C=O) groups excluding carboxylic acids is 1. The second kappa shape index (κ2) is 5.85. The summed E-state index contributed by atoms with van der Waals surface area (Å²) in [4.78, 5) is 22.2. The zero-order chi connectivity index (χ0) is 15.6. The fourth-order valence-electron chi connectivity index (χ4n) is 3.15. The van der Waals surface area contributed by atoms with Gasteiger partial charge in [-0.2, -0.15) is 0 Å². The summed E-state index contributed by atoms with van der Waals surface area (Å²) in [7, 11) is 0. The van der Waals surface area contributed by atoms with Gasteiger partial charge in [0.2, 0.25) is 0 Å². The van der Waals surface area contributed by atoms with E-state index in [1.807, 2.05) is 41.3 Å². The minimum atomic E-state index is 0.0647. The number of imidazole rings is 1. The van der Waals surface area contributed by atoms with E-state index in [0.717, 1.165) is 29.7 Å².